The fourth-order valence-corrected chi connectivity index (χ4v) is 5.65. The molecule has 2 aliphatic rings. The first-order valence-corrected chi connectivity index (χ1v) is 15.8. The van der Waals surface area contributed by atoms with Crippen LogP contribution < -0.4 is 16.4 Å². The molecule has 5 rings (SSSR count). The van der Waals surface area contributed by atoms with Crippen LogP contribution in [0.1, 0.15) is 51.0 Å². The number of carbonyl (C=O) groups excluding carboxylic acids is 1. The second-order valence-corrected chi connectivity index (χ2v) is 13.6. The minimum atomic E-state index is -3.97. The molecule has 0 bridgehead atoms. The average molecular weight is 605 g/mol. The van der Waals surface area contributed by atoms with Gasteiger partial charge in [-0.25, -0.2) is 32.5 Å². The van der Waals surface area contributed by atoms with Gasteiger partial charge in [-0.2, -0.15) is 0 Å². The first-order chi connectivity index (χ1) is 20.0. The molecule has 1 aromatic heterocycles. The van der Waals surface area contributed by atoms with Gasteiger partial charge in [0.25, 0.3) is 11.5 Å². The van der Waals surface area contributed by atoms with Gasteiger partial charge in [-0.3, -0.25) is 14.2 Å². The molecule has 1 aliphatic carbocycles. The molecule has 2 aromatic carbocycles. The summed E-state index contributed by atoms with van der Waals surface area (Å²) < 4.78 is 60.1. The van der Waals surface area contributed by atoms with Crippen molar-refractivity contribution in [3.05, 3.63) is 64.2 Å². The Bertz CT molecular complexity index is 1650. The zero-order valence-corrected chi connectivity index (χ0v) is 24.3. The maximum Gasteiger partial charge on any atom is 0.264 e. The van der Waals surface area contributed by atoms with E-state index >= 15 is 4.39 Å². The lowest BCUT2D eigenvalue weighted by molar-refractivity contribution is -0.201. The van der Waals surface area contributed by atoms with Gasteiger partial charge < -0.3 is 10.1 Å². The van der Waals surface area contributed by atoms with Crippen LogP contribution in [0.3, 0.4) is 0 Å². The molecule has 1 unspecified atom stereocenters. The van der Waals surface area contributed by atoms with Gasteiger partial charge in [-0.15, -0.1) is 0 Å². The molecule has 1 saturated heterocycles. The number of amides is 1. The van der Waals surface area contributed by atoms with Crippen LogP contribution in [0.4, 0.5) is 8.78 Å². The number of nitrogens with one attached hydrogen (secondary N) is 2. The maximum atomic E-state index is 15.2. The Morgan fingerprint density at radius 1 is 1.14 bits per heavy atom. The lowest BCUT2D eigenvalue weighted by Crippen LogP contribution is -2.51. The third-order valence-corrected chi connectivity index (χ3v) is 9.98. The van der Waals surface area contributed by atoms with Crippen molar-refractivity contribution in [1.82, 2.24) is 20.3 Å². The van der Waals surface area contributed by atoms with Crippen molar-refractivity contribution in [2.24, 2.45) is 0 Å². The normalized spacial score (nSPS) is 19.0. The molecule has 3 aromatic rings. The zero-order valence-electron chi connectivity index (χ0n) is 23.5. The fourth-order valence-electron chi connectivity index (χ4n) is 4.81. The molecular formula is C29H34F2N4O6S. The fraction of sp³-hybridized carbons (Fsp3) is 0.483. The molecule has 42 heavy (non-hydrogen) atoms. The summed E-state index contributed by atoms with van der Waals surface area (Å²) in [7, 11) is -3.97. The van der Waals surface area contributed by atoms with E-state index < -0.39 is 44.0 Å². The zero-order chi connectivity index (χ0) is 30.1. The van der Waals surface area contributed by atoms with E-state index in [4.69, 9.17) is 9.57 Å². The molecule has 2 heterocycles. The van der Waals surface area contributed by atoms with Crippen molar-refractivity contribution in [3.8, 4) is 11.1 Å². The van der Waals surface area contributed by atoms with Crippen molar-refractivity contribution >= 4 is 26.6 Å². The predicted octanol–water partition coefficient (Wildman–Crippen LogP) is 3.36. The smallest absolute Gasteiger partial charge is 0.264 e. The van der Waals surface area contributed by atoms with Gasteiger partial charge in [0.2, 0.25) is 0 Å². The van der Waals surface area contributed by atoms with E-state index in [9.17, 15) is 22.4 Å². The highest BCUT2D eigenvalue weighted by Crippen LogP contribution is 2.30. The molecule has 13 heteroatoms. The molecule has 2 fully saturated rings. The Morgan fingerprint density at radius 3 is 2.57 bits per heavy atom. The topological polar surface area (TPSA) is 129 Å². The molecule has 226 valence electrons. The molecule has 0 radical (unpaired) electrons. The number of hydrogen-bond donors (Lipinski definition) is 2. The minimum absolute atomic E-state index is 0.0328. The molecule has 2 atom stereocenters. The number of aromatic nitrogens is 2. The molecule has 1 saturated carbocycles. The molecular weight excluding hydrogens is 570 g/mol. The van der Waals surface area contributed by atoms with E-state index in [0.717, 1.165) is 48.1 Å². The van der Waals surface area contributed by atoms with Crippen LogP contribution >= 0.6 is 0 Å². The highest BCUT2D eigenvalue weighted by atomic mass is 32.2. The lowest BCUT2D eigenvalue weighted by atomic mass is 10.0. The van der Waals surface area contributed by atoms with E-state index in [1.807, 2.05) is 0 Å². The SMILES string of the molecule is C[C@@](CCn1cnc2cc(-c3ccc(CNC4CC4)cc3F)c(F)cc2c1=O)(C(=O)NOC1CCCCO1)S(C)(=O)=O. The Balaban J connectivity index is 1.34. The molecule has 0 spiro atoms. The van der Waals surface area contributed by atoms with Crippen LogP contribution in [0.15, 0.2) is 41.5 Å². The Kier molecular flexibility index (Phi) is 8.74. The van der Waals surface area contributed by atoms with Gasteiger partial charge in [0.15, 0.2) is 20.9 Å². The van der Waals surface area contributed by atoms with Gasteiger partial charge in [-0.05, 0) is 62.8 Å². The summed E-state index contributed by atoms with van der Waals surface area (Å²) in [6, 6.07) is 7.38. The lowest BCUT2D eigenvalue weighted by Gasteiger charge is -2.28. The van der Waals surface area contributed by atoms with Gasteiger partial charge in [0, 0.05) is 49.5 Å². The molecule has 10 nitrogen and oxygen atoms in total. The van der Waals surface area contributed by atoms with Gasteiger partial charge in [-0.1, -0.05) is 12.1 Å². The number of benzene rings is 2. The van der Waals surface area contributed by atoms with E-state index in [2.05, 4.69) is 15.8 Å². The van der Waals surface area contributed by atoms with E-state index in [1.54, 1.807) is 6.07 Å². The van der Waals surface area contributed by atoms with Crippen LogP contribution in [0.5, 0.6) is 0 Å². The number of hydrogen-bond acceptors (Lipinski definition) is 8. The minimum Gasteiger partial charge on any atom is -0.350 e. The third-order valence-electron chi connectivity index (χ3n) is 7.96. The highest BCUT2D eigenvalue weighted by Gasteiger charge is 2.44. The summed E-state index contributed by atoms with van der Waals surface area (Å²) >= 11 is 0. The number of fused-ring (bicyclic) bond motifs is 1. The monoisotopic (exact) mass is 604 g/mol. The van der Waals surface area contributed by atoms with E-state index in [-0.39, 0.29) is 35.0 Å². The number of sulfone groups is 1. The standard InChI is InChI=1S/C29H34F2N4O6S/c1-29(42(2,38)39,28(37)34-41-26-5-3-4-12-40-26)10-11-35-17-33-25-15-21(24(31)14-22(25)27(35)36)20-9-6-18(13-23(20)30)16-32-19-7-8-19/h6,9,13-15,17,19,26,32H,3-5,7-8,10-12,16H2,1-2H3,(H,34,37)/t26?,29-/m1/s1. The molecule has 1 amide bonds. The third kappa shape index (κ3) is 6.54. The van der Waals surface area contributed by atoms with Gasteiger partial charge >= 0.3 is 0 Å². The summed E-state index contributed by atoms with van der Waals surface area (Å²) in [5.74, 6) is -2.29. The van der Waals surface area contributed by atoms with E-state index in [1.165, 1.54) is 31.5 Å². The van der Waals surface area contributed by atoms with Gasteiger partial charge in [0.1, 0.15) is 11.6 Å². The quantitative estimate of drug-likeness (QED) is 0.319. The Labute approximate surface area is 242 Å². The van der Waals surface area contributed by atoms with Crippen LogP contribution in [0.25, 0.3) is 22.0 Å². The summed E-state index contributed by atoms with van der Waals surface area (Å²) in [4.78, 5) is 35.7. The van der Waals surface area contributed by atoms with Crippen molar-refractivity contribution in [2.45, 2.75) is 75.6 Å². The number of nitrogens with zero attached hydrogens (tertiary/aromatic N) is 2. The summed E-state index contributed by atoms with van der Waals surface area (Å²) in [6.07, 6.45) is 5.66. The van der Waals surface area contributed by atoms with Crippen LogP contribution in [0, 0.1) is 11.6 Å². The second-order valence-electron chi connectivity index (χ2n) is 11.2. The number of rotatable bonds is 11. The Morgan fingerprint density at radius 2 is 1.90 bits per heavy atom. The summed E-state index contributed by atoms with van der Waals surface area (Å²) in [5.41, 5.74) is 2.48. The summed E-state index contributed by atoms with van der Waals surface area (Å²) in [6.45, 7) is 2.04. The van der Waals surface area contributed by atoms with E-state index in [0.29, 0.717) is 25.6 Å². The number of hydroxylamine groups is 1. The average Bonchev–Trinajstić information content (AvgIpc) is 3.79. The number of aryl methyl sites for hydroxylation is 1. The first-order valence-electron chi connectivity index (χ1n) is 13.9. The van der Waals surface area contributed by atoms with Crippen LogP contribution in [-0.2, 0) is 37.3 Å². The second kappa shape index (κ2) is 12.2. The van der Waals surface area contributed by atoms with Crippen molar-refractivity contribution in [2.75, 3.05) is 12.9 Å². The van der Waals surface area contributed by atoms with Crippen molar-refractivity contribution < 1.29 is 31.6 Å². The van der Waals surface area contributed by atoms with Crippen LogP contribution in [-0.4, -0.2) is 53.8 Å². The van der Waals surface area contributed by atoms with Crippen LogP contribution in [0.2, 0.25) is 0 Å². The van der Waals surface area contributed by atoms with Crippen molar-refractivity contribution in [1.29, 1.82) is 0 Å². The molecule has 1 aliphatic heterocycles. The van der Waals surface area contributed by atoms with Gasteiger partial charge in [0.05, 0.1) is 17.2 Å². The number of carbonyl (C=O) groups is 1. The maximum absolute atomic E-state index is 15.2. The Hall–Kier alpha value is -3.26. The highest BCUT2D eigenvalue weighted by molar-refractivity contribution is 7.92. The number of ether oxygens (including phenoxy) is 1. The largest absolute Gasteiger partial charge is 0.350 e. The first kappa shape index (κ1) is 30.2. The predicted molar refractivity (Wildman–Crippen MR) is 152 cm³/mol. The number of halogens is 2. The molecule has 2 N–H and O–H groups in total. The summed E-state index contributed by atoms with van der Waals surface area (Å²) in [5, 5.41) is 3.24. The van der Waals surface area contributed by atoms with Crippen molar-refractivity contribution in [3.63, 3.8) is 0 Å².